The van der Waals surface area contributed by atoms with Gasteiger partial charge >= 0.3 is 0 Å². The van der Waals surface area contributed by atoms with Crippen LogP contribution in [0.3, 0.4) is 0 Å². The molecule has 0 bridgehead atoms. The zero-order valence-electron chi connectivity index (χ0n) is 15.0. The van der Waals surface area contributed by atoms with Crippen LogP contribution in [0.25, 0.3) is 16.9 Å². The van der Waals surface area contributed by atoms with Gasteiger partial charge in [0.2, 0.25) is 0 Å². The SMILES string of the molecule is Cc1nn(-c2ccccc2)c(C)c1C(=O)Nc1nc(-c2ccccc2)cs1. The van der Waals surface area contributed by atoms with Crippen LogP contribution in [0.4, 0.5) is 5.13 Å². The quantitative estimate of drug-likeness (QED) is 0.555. The third kappa shape index (κ3) is 3.39. The fraction of sp³-hybridized carbons (Fsp3) is 0.0952. The van der Waals surface area contributed by atoms with Crippen molar-refractivity contribution in [3.05, 3.63) is 83.0 Å². The highest BCUT2D eigenvalue weighted by atomic mass is 32.1. The number of hydrogen-bond donors (Lipinski definition) is 1. The summed E-state index contributed by atoms with van der Waals surface area (Å²) in [6.45, 7) is 3.75. The largest absolute Gasteiger partial charge is 0.298 e. The summed E-state index contributed by atoms with van der Waals surface area (Å²) in [5, 5.41) is 9.96. The van der Waals surface area contributed by atoms with Gasteiger partial charge in [0.15, 0.2) is 5.13 Å². The number of carbonyl (C=O) groups is 1. The monoisotopic (exact) mass is 374 g/mol. The molecular formula is C21H18N4OS. The van der Waals surface area contributed by atoms with E-state index in [1.54, 1.807) is 4.68 Å². The van der Waals surface area contributed by atoms with E-state index in [9.17, 15) is 4.79 Å². The Kier molecular flexibility index (Phi) is 4.56. The molecule has 134 valence electrons. The summed E-state index contributed by atoms with van der Waals surface area (Å²) in [5.74, 6) is -0.193. The second kappa shape index (κ2) is 7.17. The maximum absolute atomic E-state index is 12.8. The molecule has 0 aliphatic rings. The molecule has 5 nitrogen and oxygen atoms in total. The summed E-state index contributed by atoms with van der Waals surface area (Å²) in [7, 11) is 0. The number of para-hydroxylation sites is 1. The highest BCUT2D eigenvalue weighted by Gasteiger charge is 2.20. The Morgan fingerprint density at radius 2 is 1.67 bits per heavy atom. The second-order valence-corrected chi connectivity index (χ2v) is 7.01. The van der Waals surface area contributed by atoms with Crippen LogP contribution in [0.1, 0.15) is 21.7 Å². The topological polar surface area (TPSA) is 59.8 Å². The second-order valence-electron chi connectivity index (χ2n) is 6.15. The first-order valence-electron chi connectivity index (χ1n) is 8.57. The molecule has 0 aliphatic carbocycles. The maximum atomic E-state index is 12.8. The number of anilines is 1. The van der Waals surface area contributed by atoms with Gasteiger partial charge in [0.1, 0.15) is 0 Å². The molecule has 0 unspecified atom stereocenters. The average molecular weight is 374 g/mol. The maximum Gasteiger partial charge on any atom is 0.261 e. The van der Waals surface area contributed by atoms with Crippen molar-refractivity contribution in [3.8, 4) is 16.9 Å². The number of aryl methyl sites for hydroxylation is 1. The van der Waals surface area contributed by atoms with Crippen molar-refractivity contribution >= 4 is 22.4 Å². The van der Waals surface area contributed by atoms with E-state index in [0.717, 1.165) is 22.6 Å². The molecule has 0 atom stereocenters. The molecule has 1 amide bonds. The third-order valence-corrected chi connectivity index (χ3v) is 5.07. The zero-order chi connectivity index (χ0) is 18.8. The zero-order valence-corrected chi connectivity index (χ0v) is 15.8. The van der Waals surface area contributed by atoms with Gasteiger partial charge in [-0.15, -0.1) is 11.3 Å². The molecule has 2 aromatic heterocycles. The van der Waals surface area contributed by atoms with Crippen molar-refractivity contribution in [2.75, 3.05) is 5.32 Å². The lowest BCUT2D eigenvalue weighted by molar-refractivity contribution is 0.102. The van der Waals surface area contributed by atoms with E-state index >= 15 is 0 Å². The molecule has 4 aromatic rings. The van der Waals surface area contributed by atoms with Crippen LogP contribution in [0.2, 0.25) is 0 Å². The predicted octanol–water partition coefficient (Wildman–Crippen LogP) is 4.86. The van der Waals surface area contributed by atoms with Gasteiger partial charge in [0.05, 0.1) is 28.3 Å². The minimum absolute atomic E-state index is 0.193. The molecule has 0 aliphatic heterocycles. The van der Waals surface area contributed by atoms with Crippen molar-refractivity contribution < 1.29 is 4.79 Å². The molecule has 2 aromatic carbocycles. The minimum atomic E-state index is -0.193. The van der Waals surface area contributed by atoms with E-state index in [0.29, 0.717) is 16.4 Å². The summed E-state index contributed by atoms with van der Waals surface area (Å²) < 4.78 is 1.79. The van der Waals surface area contributed by atoms with Gasteiger partial charge in [0.25, 0.3) is 5.91 Å². The molecular weight excluding hydrogens is 356 g/mol. The number of amides is 1. The number of hydrogen-bond acceptors (Lipinski definition) is 4. The van der Waals surface area contributed by atoms with Crippen LogP contribution in [0, 0.1) is 13.8 Å². The Bertz CT molecular complexity index is 1080. The minimum Gasteiger partial charge on any atom is -0.298 e. The summed E-state index contributed by atoms with van der Waals surface area (Å²) in [5.41, 5.74) is 4.88. The first-order valence-corrected chi connectivity index (χ1v) is 9.45. The molecule has 27 heavy (non-hydrogen) atoms. The molecule has 0 radical (unpaired) electrons. The average Bonchev–Trinajstić information content (AvgIpc) is 3.27. The van der Waals surface area contributed by atoms with E-state index in [1.165, 1.54) is 11.3 Å². The Morgan fingerprint density at radius 1 is 1.00 bits per heavy atom. The molecule has 1 N–H and O–H groups in total. The van der Waals surface area contributed by atoms with Crippen molar-refractivity contribution in [2.45, 2.75) is 13.8 Å². The molecule has 2 heterocycles. The van der Waals surface area contributed by atoms with Crippen molar-refractivity contribution in [1.29, 1.82) is 0 Å². The number of benzene rings is 2. The normalized spacial score (nSPS) is 10.7. The van der Waals surface area contributed by atoms with Crippen LogP contribution in [0.5, 0.6) is 0 Å². The van der Waals surface area contributed by atoms with E-state index in [1.807, 2.05) is 79.9 Å². The van der Waals surface area contributed by atoms with Gasteiger partial charge in [-0.1, -0.05) is 48.5 Å². The van der Waals surface area contributed by atoms with E-state index < -0.39 is 0 Å². The van der Waals surface area contributed by atoms with E-state index in [4.69, 9.17) is 0 Å². The van der Waals surface area contributed by atoms with Gasteiger partial charge in [0, 0.05) is 10.9 Å². The summed E-state index contributed by atoms with van der Waals surface area (Å²) in [6, 6.07) is 19.7. The number of nitrogens with one attached hydrogen (secondary N) is 1. The van der Waals surface area contributed by atoms with Crippen LogP contribution >= 0.6 is 11.3 Å². The van der Waals surface area contributed by atoms with Crippen LogP contribution < -0.4 is 5.32 Å². The van der Waals surface area contributed by atoms with Crippen LogP contribution in [-0.2, 0) is 0 Å². The fourth-order valence-corrected chi connectivity index (χ4v) is 3.74. The van der Waals surface area contributed by atoms with E-state index in [2.05, 4.69) is 15.4 Å². The summed E-state index contributed by atoms with van der Waals surface area (Å²) in [6.07, 6.45) is 0. The number of nitrogens with zero attached hydrogens (tertiary/aromatic N) is 3. The lowest BCUT2D eigenvalue weighted by Gasteiger charge is -2.05. The standard InChI is InChI=1S/C21H18N4OS/c1-14-19(15(2)25(24-14)17-11-7-4-8-12-17)20(26)23-21-22-18(13-27-21)16-9-5-3-6-10-16/h3-13H,1-2H3,(H,22,23,26). The van der Waals surface area contributed by atoms with E-state index in [-0.39, 0.29) is 5.91 Å². The molecule has 0 fully saturated rings. The molecule has 0 saturated heterocycles. The first kappa shape index (κ1) is 17.2. The highest BCUT2D eigenvalue weighted by molar-refractivity contribution is 7.14. The molecule has 6 heteroatoms. The lowest BCUT2D eigenvalue weighted by atomic mass is 10.2. The summed E-state index contributed by atoms with van der Waals surface area (Å²) >= 11 is 1.41. The summed E-state index contributed by atoms with van der Waals surface area (Å²) in [4.78, 5) is 17.4. The van der Waals surface area contributed by atoms with Gasteiger partial charge < -0.3 is 0 Å². The van der Waals surface area contributed by atoms with Crippen molar-refractivity contribution in [3.63, 3.8) is 0 Å². The van der Waals surface area contributed by atoms with Gasteiger partial charge in [-0.25, -0.2) is 9.67 Å². The van der Waals surface area contributed by atoms with Crippen molar-refractivity contribution in [2.24, 2.45) is 0 Å². The number of aromatic nitrogens is 3. The Labute approximate surface area is 161 Å². The Balaban J connectivity index is 1.59. The van der Waals surface area contributed by atoms with Gasteiger partial charge in [-0.2, -0.15) is 5.10 Å². The predicted molar refractivity (Wildman–Crippen MR) is 109 cm³/mol. The first-order chi connectivity index (χ1) is 13.1. The van der Waals surface area contributed by atoms with Crippen LogP contribution in [-0.4, -0.2) is 20.7 Å². The number of rotatable bonds is 4. The van der Waals surface area contributed by atoms with Gasteiger partial charge in [-0.3, -0.25) is 10.1 Å². The lowest BCUT2D eigenvalue weighted by Crippen LogP contribution is -2.14. The third-order valence-electron chi connectivity index (χ3n) is 4.31. The Morgan fingerprint density at radius 3 is 2.37 bits per heavy atom. The number of thiazole rings is 1. The fourth-order valence-electron chi connectivity index (χ4n) is 3.02. The molecule has 4 rings (SSSR count). The molecule has 0 saturated carbocycles. The smallest absolute Gasteiger partial charge is 0.261 e. The van der Waals surface area contributed by atoms with Crippen LogP contribution in [0.15, 0.2) is 66.0 Å². The van der Waals surface area contributed by atoms with Crippen molar-refractivity contribution in [1.82, 2.24) is 14.8 Å². The number of carbonyl (C=O) groups excluding carboxylic acids is 1. The highest BCUT2D eigenvalue weighted by Crippen LogP contribution is 2.26. The Hall–Kier alpha value is -3.25. The van der Waals surface area contributed by atoms with Gasteiger partial charge in [-0.05, 0) is 26.0 Å². The molecule has 0 spiro atoms.